The van der Waals surface area contributed by atoms with E-state index in [1.165, 1.54) is 5.56 Å². The van der Waals surface area contributed by atoms with Crippen molar-refractivity contribution in [3.63, 3.8) is 0 Å². The Morgan fingerprint density at radius 1 is 1.24 bits per heavy atom. The van der Waals surface area contributed by atoms with Crippen molar-refractivity contribution in [2.24, 2.45) is 4.99 Å². The third-order valence-corrected chi connectivity index (χ3v) is 4.66. The van der Waals surface area contributed by atoms with E-state index < -0.39 is 0 Å². The van der Waals surface area contributed by atoms with Gasteiger partial charge >= 0.3 is 0 Å². The van der Waals surface area contributed by atoms with Crippen molar-refractivity contribution in [3.8, 4) is 5.75 Å². The number of ether oxygens (including phenoxy) is 2. The summed E-state index contributed by atoms with van der Waals surface area (Å²) in [5.74, 6) is 1.66. The first-order chi connectivity index (χ1) is 13.9. The van der Waals surface area contributed by atoms with Crippen LogP contribution in [0.15, 0.2) is 29.3 Å². The molecule has 0 aliphatic rings. The molecule has 7 nitrogen and oxygen atoms in total. The number of aliphatic imine (C=N–C) groups is 1. The van der Waals surface area contributed by atoms with Crippen LogP contribution in [0.1, 0.15) is 36.4 Å². The Labute approximate surface area is 174 Å². The molecule has 0 aliphatic carbocycles. The molecular weight excluding hydrogens is 366 g/mol. The fraction of sp³-hybridized carbons (Fsp3) is 0.545. The average molecular weight is 402 g/mol. The minimum Gasteiger partial charge on any atom is -0.489 e. The van der Waals surface area contributed by atoms with E-state index >= 15 is 0 Å². The molecule has 160 valence electrons. The third kappa shape index (κ3) is 7.09. The van der Waals surface area contributed by atoms with Crippen LogP contribution in [0.3, 0.4) is 0 Å². The lowest BCUT2D eigenvalue weighted by atomic mass is 10.2. The summed E-state index contributed by atoms with van der Waals surface area (Å²) in [4.78, 5) is 4.75. The van der Waals surface area contributed by atoms with Crippen molar-refractivity contribution >= 4 is 5.96 Å². The van der Waals surface area contributed by atoms with E-state index in [1.807, 2.05) is 36.7 Å². The Kier molecular flexibility index (Phi) is 8.99. The molecule has 29 heavy (non-hydrogen) atoms. The topological polar surface area (TPSA) is 72.7 Å². The molecule has 0 amide bonds. The van der Waals surface area contributed by atoms with Gasteiger partial charge in [-0.15, -0.1) is 0 Å². The summed E-state index contributed by atoms with van der Waals surface area (Å²) in [6, 6.07) is 8.10. The molecule has 0 saturated heterocycles. The van der Waals surface area contributed by atoms with Crippen LogP contribution in [0, 0.1) is 20.8 Å². The summed E-state index contributed by atoms with van der Waals surface area (Å²) < 4.78 is 13.1. The number of aromatic nitrogens is 2. The van der Waals surface area contributed by atoms with Crippen molar-refractivity contribution < 1.29 is 9.47 Å². The zero-order chi connectivity index (χ0) is 21.2. The highest BCUT2D eigenvalue weighted by molar-refractivity contribution is 5.79. The van der Waals surface area contributed by atoms with E-state index in [0.29, 0.717) is 19.7 Å². The first kappa shape index (κ1) is 22.7. The Hall–Kier alpha value is -2.54. The van der Waals surface area contributed by atoms with Crippen molar-refractivity contribution in [1.82, 2.24) is 20.4 Å². The van der Waals surface area contributed by atoms with Crippen LogP contribution in [-0.2, 0) is 17.8 Å². The average Bonchev–Trinajstić information content (AvgIpc) is 2.95. The Bertz CT molecular complexity index is 800. The number of aryl methyl sites for hydroxylation is 2. The SMILES string of the molecule is CCNC(=NCc1c(C)nn(CCOC)c1C)NCC(C)Oc1cccc(C)c1. The van der Waals surface area contributed by atoms with Crippen LogP contribution in [0.2, 0.25) is 0 Å². The molecule has 0 aliphatic heterocycles. The predicted octanol–water partition coefficient (Wildman–Crippen LogP) is 2.98. The summed E-state index contributed by atoms with van der Waals surface area (Å²) >= 11 is 0. The molecule has 2 aromatic rings. The van der Waals surface area contributed by atoms with Gasteiger partial charge < -0.3 is 20.1 Å². The maximum Gasteiger partial charge on any atom is 0.191 e. The van der Waals surface area contributed by atoms with E-state index in [9.17, 15) is 0 Å². The lowest BCUT2D eigenvalue weighted by Crippen LogP contribution is -2.41. The quantitative estimate of drug-likeness (QED) is 0.473. The lowest BCUT2D eigenvalue weighted by molar-refractivity contribution is 0.182. The van der Waals surface area contributed by atoms with Gasteiger partial charge in [0.15, 0.2) is 5.96 Å². The maximum atomic E-state index is 6.00. The van der Waals surface area contributed by atoms with Crippen LogP contribution >= 0.6 is 0 Å². The molecule has 7 heteroatoms. The van der Waals surface area contributed by atoms with Crippen molar-refractivity contribution in [1.29, 1.82) is 0 Å². The smallest absolute Gasteiger partial charge is 0.191 e. The third-order valence-electron chi connectivity index (χ3n) is 4.66. The summed E-state index contributed by atoms with van der Waals surface area (Å²) in [7, 11) is 1.70. The van der Waals surface area contributed by atoms with Gasteiger partial charge in [0.05, 0.1) is 31.9 Å². The predicted molar refractivity (Wildman–Crippen MR) is 118 cm³/mol. The summed E-state index contributed by atoms with van der Waals surface area (Å²) in [6.07, 6.45) is 0.0147. The molecule has 0 saturated carbocycles. The van der Waals surface area contributed by atoms with Gasteiger partial charge in [-0.1, -0.05) is 12.1 Å². The van der Waals surface area contributed by atoms with Gasteiger partial charge in [-0.2, -0.15) is 5.10 Å². The van der Waals surface area contributed by atoms with Gasteiger partial charge in [0.1, 0.15) is 11.9 Å². The van der Waals surface area contributed by atoms with Gasteiger partial charge in [0, 0.05) is 24.9 Å². The fourth-order valence-electron chi connectivity index (χ4n) is 3.06. The van der Waals surface area contributed by atoms with Gasteiger partial charge in [0.25, 0.3) is 0 Å². The highest BCUT2D eigenvalue weighted by atomic mass is 16.5. The van der Waals surface area contributed by atoms with E-state index in [0.717, 1.165) is 41.7 Å². The second-order valence-electron chi connectivity index (χ2n) is 7.19. The van der Waals surface area contributed by atoms with Crippen LogP contribution in [0.4, 0.5) is 0 Å². The second kappa shape index (κ2) is 11.5. The molecule has 0 fully saturated rings. The minimum atomic E-state index is 0.0147. The van der Waals surface area contributed by atoms with Crippen molar-refractivity contribution in [2.45, 2.75) is 53.8 Å². The lowest BCUT2D eigenvalue weighted by Gasteiger charge is -2.18. The number of hydrogen-bond acceptors (Lipinski definition) is 4. The van der Waals surface area contributed by atoms with Gasteiger partial charge in [0.2, 0.25) is 0 Å². The number of rotatable bonds is 10. The molecular formula is C22H35N5O2. The minimum absolute atomic E-state index is 0.0147. The summed E-state index contributed by atoms with van der Waals surface area (Å²) in [5, 5.41) is 11.3. The maximum absolute atomic E-state index is 6.00. The number of guanidine groups is 1. The fourth-order valence-corrected chi connectivity index (χ4v) is 3.06. The number of benzene rings is 1. The van der Waals surface area contributed by atoms with E-state index in [4.69, 9.17) is 14.5 Å². The van der Waals surface area contributed by atoms with Crippen LogP contribution in [0.25, 0.3) is 0 Å². The summed E-state index contributed by atoms with van der Waals surface area (Å²) in [6.45, 7) is 13.7. The zero-order valence-corrected chi connectivity index (χ0v) is 18.6. The van der Waals surface area contributed by atoms with E-state index in [2.05, 4.69) is 42.6 Å². The number of nitrogens with one attached hydrogen (secondary N) is 2. The first-order valence-electron chi connectivity index (χ1n) is 10.2. The first-order valence-corrected chi connectivity index (χ1v) is 10.2. The molecule has 0 spiro atoms. The van der Waals surface area contributed by atoms with Crippen LogP contribution in [-0.4, -0.2) is 48.7 Å². The molecule has 1 heterocycles. The molecule has 2 N–H and O–H groups in total. The van der Waals surface area contributed by atoms with Crippen molar-refractivity contribution in [3.05, 3.63) is 46.8 Å². The second-order valence-corrected chi connectivity index (χ2v) is 7.19. The Balaban J connectivity index is 1.96. The molecule has 1 unspecified atom stereocenters. The molecule has 1 atom stereocenters. The monoisotopic (exact) mass is 401 g/mol. The van der Waals surface area contributed by atoms with Gasteiger partial charge in [-0.25, -0.2) is 4.99 Å². The highest BCUT2D eigenvalue weighted by Crippen LogP contribution is 2.15. The molecule has 2 rings (SSSR count). The molecule has 0 bridgehead atoms. The number of methoxy groups -OCH3 is 1. The van der Waals surface area contributed by atoms with Crippen LogP contribution in [0.5, 0.6) is 5.75 Å². The molecule has 0 radical (unpaired) electrons. The number of nitrogens with zero attached hydrogens (tertiary/aromatic N) is 3. The summed E-state index contributed by atoms with van der Waals surface area (Å²) in [5.41, 5.74) is 4.49. The normalized spacial score (nSPS) is 12.7. The number of hydrogen-bond donors (Lipinski definition) is 2. The van der Waals surface area contributed by atoms with E-state index in [1.54, 1.807) is 7.11 Å². The van der Waals surface area contributed by atoms with Crippen molar-refractivity contribution in [2.75, 3.05) is 26.8 Å². The van der Waals surface area contributed by atoms with Gasteiger partial charge in [-0.05, 0) is 52.3 Å². The molecule has 1 aromatic heterocycles. The highest BCUT2D eigenvalue weighted by Gasteiger charge is 2.12. The standard InChI is InChI=1S/C22H35N5O2/c1-7-23-22(24-14-17(3)29-20-10-8-9-16(2)13-20)25-15-21-18(4)26-27(19(21)5)11-12-28-6/h8-10,13,17H,7,11-12,14-15H2,1-6H3,(H2,23,24,25). The van der Waals surface area contributed by atoms with Crippen LogP contribution < -0.4 is 15.4 Å². The zero-order valence-electron chi connectivity index (χ0n) is 18.6. The molecule has 1 aromatic carbocycles. The largest absolute Gasteiger partial charge is 0.489 e. The van der Waals surface area contributed by atoms with E-state index in [-0.39, 0.29) is 6.10 Å². The Morgan fingerprint density at radius 2 is 2.03 bits per heavy atom. The Morgan fingerprint density at radius 3 is 2.72 bits per heavy atom. The van der Waals surface area contributed by atoms with Gasteiger partial charge in [-0.3, -0.25) is 4.68 Å².